The van der Waals surface area contributed by atoms with E-state index in [9.17, 15) is 0 Å². The molecular weight excluding hydrogens is 144 g/mol. The second-order valence-corrected chi connectivity index (χ2v) is 4.87. The standard InChI is InChI=1S/C12H25/c1-6-8-9-12(4,5)10-11(3)7-2/h11H,2,6-10H2,1,3-5H3. The van der Waals surface area contributed by atoms with E-state index >= 15 is 0 Å². The van der Waals surface area contributed by atoms with Crippen LogP contribution < -0.4 is 0 Å². The van der Waals surface area contributed by atoms with Gasteiger partial charge in [-0.3, -0.25) is 0 Å². The highest BCUT2D eigenvalue weighted by Gasteiger charge is 2.19. The summed E-state index contributed by atoms with van der Waals surface area (Å²) < 4.78 is 0. The van der Waals surface area contributed by atoms with Crippen LogP contribution in [0.4, 0.5) is 0 Å². The molecule has 0 N–H and O–H groups in total. The van der Waals surface area contributed by atoms with Gasteiger partial charge in [-0.15, -0.1) is 0 Å². The van der Waals surface area contributed by atoms with E-state index in [2.05, 4.69) is 34.6 Å². The Balaban J connectivity index is 3.69. The average molecular weight is 169 g/mol. The largest absolute Gasteiger partial charge is 0.0654 e. The Morgan fingerprint density at radius 2 is 1.92 bits per heavy atom. The van der Waals surface area contributed by atoms with Crippen molar-refractivity contribution < 1.29 is 0 Å². The number of hydrogen-bond acceptors (Lipinski definition) is 0. The SMILES string of the molecule is [CH2]CC(C)CC(C)(C)CCCC. The third-order valence-electron chi connectivity index (χ3n) is 2.60. The predicted molar refractivity (Wildman–Crippen MR) is 57.1 cm³/mol. The Labute approximate surface area is 78.8 Å². The van der Waals surface area contributed by atoms with Gasteiger partial charge in [0.15, 0.2) is 0 Å². The van der Waals surface area contributed by atoms with Crippen molar-refractivity contribution in [3.63, 3.8) is 0 Å². The normalized spacial score (nSPS) is 14.8. The lowest BCUT2D eigenvalue weighted by Crippen LogP contribution is -2.15. The zero-order valence-corrected chi connectivity index (χ0v) is 9.32. The lowest BCUT2D eigenvalue weighted by atomic mass is 9.79. The van der Waals surface area contributed by atoms with E-state index in [-0.39, 0.29) is 0 Å². The summed E-state index contributed by atoms with van der Waals surface area (Å²) in [5.74, 6) is 0.789. The molecule has 0 amide bonds. The molecule has 0 aliphatic carbocycles. The smallest absolute Gasteiger partial charge is 0.0352 e. The van der Waals surface area contributed by atoms with Crippen LogP contribution in [0.15, 0.2) is 0 Å². The zero-order chi connectivity index (χ0) is 9.61. The minimum Gasteiger partial charge on any atom is -0.0654 e. The van der Waals surface area contributed by atoms with Gasteiger partial charge in [0.25, 0.3) is 0 Å². The molecule has 0 heteroatoms. The fourth-order valence-electron chi connectivity index (χ4n) is 1.80. The molecule has 0 aliphatic rings. The molecule has 73 valence electrons. The lowest BCUT2D eigenvalue weighted by Gasteiger charge is -2.27. The Hall–Kier alpha value is 0. The van der Waals surface area contributed by atoms with Crippen molar-refractivity contribution in [3.05, 3.63) is 6.92 Å². The highest BCUT2D eigenvalue weighted by Crippen LogP contribution is 2.31. The van der Waals surface area contributed by atoms with E-state index in [1.165, 1.54) is 25.7 Å². The monoisotopic (exact) mass is 169 g/mol. The van der Waals surface area contributed by atoms with Gasteiger partial charge in [0.1, 0.15) is 0 Å². The van der Waals surface area contributed by atoms with E-state index < -0.39 is 0 Å². The molecule has 0 aromatic heterocycles. The quantitative estimate of drug-likeness (QED) is 0.551. The molecule has 0 aromatic carbocycles. The van der Waals surface area contributed by atoms with Gasteiger partial charge < -0.3 is 0 Å². The molecular formula is C12H25. The Bertz CT molecular complexity index is 103. The first-order chi connectivity index (χ1) is 5.52. The van der Waals surface area contributed by atoms with Crippen molar-refractivity contribution in [2.45, 2.75) is 59.8 Å². The van der Waals surface area contributed by atoms with Gasteiger partial charge in [0.05, 0.1) is 0 Å². The molecule has 12 heavy (non-hydrogen) atoms. The van der Waals surface area contributed by atoms with Crippen LogP contribution in [0.25, 0.3) is 0 Å². The minimum absolute atomic E-state index is 0.535. The highest BCUT2D eigenvalue weighted by molar-refractivity contribution is 4.72. The Morgan fingerprint density at radius 3 is 2.33 bits per heavy atom. The fourth-order valence-corrected chi connectivity index (χ4v) is 1.80. The summed E-state index contributed by atoms with van der Waals surface area (Å²) in [6.45, 7) is 13.3. The van der Waals surface area contributed by atoms with E-state index in [0.29, 0.717) is 5.41 Å². The molecule has 0 nitrogen and oxygen atoms in total. The number of hydrogen-bond donors (Lipinski definition) is 0. The first-order valence-corrected chi connectivity index (χ1v) is 5.31. The first kappa shape index (κ1) is 12.0. The van der Waals surface area contributed by atoms with Gasteiger partial charge in [-0.05, 0) is 24.2 Å². The molecule has 1 atom stereocenters. The molecule has 1 radical (unpaired) electrons. The van der Waals surface area contributed by atoms with Crippen LogP contribution in [-0.2, 0) is 0 Å². The predicted octanol–water partition coefficient (Wildman–Crippen LogP) is 4.45. The van der Waals surface area contributed by atoms with Crippen LogP contribution in [0.2, 0.25) is 0 Å². The number of unbranched alkanes of at least 4 members (excludes halogenated alkanes) is 1. The third-order valence-corrected chi connectivity index (χ3v) is 2.60. The molecule has 0 fully saturated rings. The van der Waals surface area contributed by atoms with Crippen molar-refractivity contribution in [3.8, 4) is 0 Å². The van der Waals surface area contributed by atoms with Gasteiger partial charge in [0, 0.05) is 0 Å². The van der Waals surface area contributed by atoms with E-state index in [1.54, 1.807) is 0 Å². The first-order valence-electron chi connectivity index (χ1n) is 5.31. The molecule has 0 aromatic rings. The summed E-state index contributed by atoms with van der Waals surface area (Å²) in [7, 11) is 0. The molecule has 0 spiro atoms. The molecule has 1 unspecified atom stereocenters. The maximum absolute atomic E-state index is 3.95. The maximum Gasteiger partial charge on any atom is -0.0352 e. The van der Waals surface area contributed by atoms with Crippen molar-refractivity contribution in [1.82, 2.24) is 0 Å². The lowest BCUT2D eigenvalue weighted by molar-refractivity contribution is 0.250. The summed E-state index contributed by atoms with van der Waals surface area (Å²) in [6, 6.07) is 0. The van der Waals surface area contributed by atoms with Crippen molar-refractivity contribution in [1.29, 1.82) is 0 Å². The topological polar surface area (TPSA) is 0 Å². The average Bonchev–Trinajstić information content (AvgIpc) is 2.00. The molecule has 0 bridgehead atoms. The second-order valence-electron chi connectivity index (χ2n) is 4.87. The fraction of sp³-hybridized carbons (Fsp3) is 0.917. The van der Waals surface area contributed by atoms with Gasteiger partial charge in [-0.2, -0.15) is 0 Å². The highest BCUT2D eigenvalue weighted by atomic mass is 14.2. The van der Waals surface area contributed by atoms with Crippen molar-refractivity contribution in [2.75, 3.05) is 0 Å². The maximum atomic E-state index is 3.95. The second kappa shape index (κ2) is 5.61. The molecule has 0 saturated heterocycles. The van der Waals surface area contributed by atoms with Crippen LogP contribution in [-0.4, -0.2) is 0 Å². The number of rotatable bonds is 6. The summed E-state index contributed by atoms with van der Waals surface area (Å²) in [5, 5.41) is 0. The summed E-state index contributed by atoms with van der Waals surface area (Å²) in [4.78, 5) is 0. The van der Waals surface area contributed by atoms with Gasteiger partial charge in [-0.25, -0.2) is 0 Å². The van der Waals surface area contributed by atoms with Crippen LogP contribution >= 0.6 is 0 Å². The molecule has 0 heterocycles. The van der Waals surface area contributed by atoms with Gasteiger partial charge in [-0.1, -0.05) is 53.9 Å². The summed E-state index contributed by atoms with van der Waals surface area (Å²) >= 11 is 0. The van der Waals surface area contributed by atoms with E-state index in [1.807, 2.05) is 0 Å². The van der Waals surface area contributed by atoms with E-state index in [4.69, 9.17) is 0 Å². The van der Waals surface area contributed by atoms with Gasteiger partial charge >= 0.3 is 0 Å². The van der Waals surface area contributed by atoms with Crippen LogP contribution in [0.1, 0.15) is 59.8 Å². The van der Waals surface area contributed by atoms with Crippen molar-refractivity contribution >= 4 is 0 Å². The Morgan fingerprint density at radius 1 is 1.33 bits per heavy atom. The molecule has 0 aliphatic heterocycles. The van der Waals surface area contributed by atoms with Crippen LogP contribution in [0.3, 0.4) is 0 Å². The molecule has 0 saturated carbocycles. The summed E-state index contributed by atoms with van der Waals surface area (Å²) in [5.41, 5.74) is 0.535. The third kappa shape index (κ3) is 5.62. The molecule has 0 rings (SSSR count). The minimum atomic E-state index is 0.535. The van der Waals surface area contributed by atoms with E-state index in [0.717, 1.165) is 12.3 Å². The Kier molecular flexibility index (Phi) is 5.61. The summed E-state index contributed by atoms with van der Waals surface area (Å²) in [6.07, 6.45) is 6.47. The van der Waals surface area contributed by atoms with Crippen LogP contribution in [0, 0.1) is 18.3 Å². The van der Waals surface area contributed by atoms with Gasteiger partial charge in [0.2, 0.25) is 0 Å². The van der Waals surface area contributed by atoms with Crippen molar-refractivity contribution in [2.24, 2.45) is 11.3 Å². The zero-order valence-electron chi connectivity index (χ0n) is 9.32. The van der Waals surface area contributed by atoms with Crippen LogP contribution in [0.5, 0.6) is 0 Å².